The lowest BCUT2D eigenvalue weighted by Gasteiger charge is -1.89. The molecule has 0 saturated heterocycles. The average Bonchev–Trinajstić information content (AvgIpc) is 1.88. The Bertz CT molecular complexity index is 132. The topological polar surface area (TPSA) is 12.4 Å². The molecule has 0 radical (unpaired) electrons. The summed E-state index contributed by atoms with van der Waals surface area (Å²) in [5, 5.41) is 0. The Morgan fingerprint density at radius 2 is 2.33 bits per heavy atom. The second-order valence-corrected chi connectivity index (χ2v) is 1.66. The number of aliphatic imine (C=N–C) groups is 1. The predicted octanol–water partition coefficient (Wildman–Crippen LogP) is 2.56. The van der Waals surface area contributed by atoms with Crippen LogP contribution in [0.25, 0.3) is 0 Å². The summed E-state index contributed by atoms with van der Waals surface area (Å²) in [5.74, 6) is 0. The van der Waals surface area contributed by atoms with Crippen LogP contribution in [0.1, 0.15) is 20.3 Å². The third kappa shape index (κ3) is 3.71. The summed E-state index contributed by atoms with van der Waals surface area (Å²) >= 11 is 0. The first kappa shape index (κ1) is 8.15. The zero-order chi connectivity index (χ0) is 7.11. The monoisotopic (exact) mass is 123 g/mol. The molecule has 0 aromatic carbocycles. The lowest BCUT2D eigenvalue weighted by Crippen LogP contribution is -1.87. The van der Waals surface area contributed by atoms with Crippen molar-refractivity contribution in [2.45, 2.75) is 20.3 Å². The fourth-order valence-corrected chi connectivity index (χ4v) is 0.562. The third-order valence-electron chi connectivity index (χ3n) is 0.978. The van der Waals surface area contributed by atoms with Crippen molar-refractivity contribution in [3.8, 4) is 0 Å². The molecule has 0 N–H and O–H groups in total. The Labute approximate surface area is 56.8 Å². The maximum atomic E-state index is 4.03. The van der Waals surface area contributed by atoms with Crippen molar-refractivity contribution in [1.82, 2.24) is 0 Å². The molecular formula is C8H13N. The standard InChI is InChI=1S/C8H13N/c1-4-7-8(5-2)9-6-3/h4,6-7H,3,5H2,1-2H3/b7-4-,9-8?. The number of nitrogens with zero attached hydrogens (tertiary/aromatic N) is 1. The molecule has 0 rings (SSSR count). The van der Waals surface area contributed by atoms with Gasteiger partial charge in [-0.05, 0) is 19.4 Å². The van der Waals surface area contributed by atoms with Gasteiger partial charge in [0.1, 0.15) is 0 Å². The van der Waals surface area contributed by atoms with E-state index in [1.54, 1.807) is 6.20 Å². The normalized spacial score (nSPS) is 12.4. The molecule has 0 aliphatic carbocycles. The molecule has 0 fully saturated rings. The highest BCUT2D eigenvalue weighted by molar-refractivity contribution is 5.94. The van der Waals surface area contributed by atoms with Gasteiger partial charge in [0.15, 0.2) is 0 Å². The zero-order valence-electron chi connectivity index (χ0n) is 6.09. The van der Waals surface area contributed by atoms with Crippen LogP contribution in [0.2, 0.25) is 0 Å². The summed E-state index contributed by atoms with van der Waals surface area (Å²) in [5.41, 5.74) is 1.08. The highest BCUT2D eigenvalue weighted by Gasteiger charge is 1.83. The maximum absolute atomic E-state index is 4.03. The van der Waals surface area contributed by atoms with Crippen LogP contribution in [0.3, 0.4) is 0 Å². The van der Waals surface area contributed by atoms with Gasteiger partial charge in [0.2, 0.25) is 0 Å². The van der Waals surface area contributed by atoms with Crippen molar-refractivity contribution in [2.24, 2.45) is 4.99 Å². The molecule has 0 heterocycles. The summed E-state index contributed by atoms with van der Waals surface area (Å²) in [7, 11) is 0. The molecule has 50 valence electrons. The minimum absolute atomic E-state index is 0.969. The molecule has 1 heteroatoms. The van der Waals surface area contributed by atoms with E-state index >= 15 is 0 Å². The van der Waals surface area contributed by atoms with E-state index in [4.69, 9.17) is 0 Å². The Balaban J connectivity index is 3.96. The van der Waals surface area contributed by atoms with Crippen molar-refractivity contribution < 1.29 is 0 Å². The van der Waals surface area contributed by atoms with Gasteiger partial charge in [-0.25, -0.2) is 0 Å². The Kier molecular flexibility index (Phi) is 4.79. The van der Waals surface area contributed by atoms with Crippen LogP contribution in [0, 0.1) is 0 Å². The number of allylic oxidation sites excluding steroid dienone is 2. The summed E-state index contributed by atoms with van der Waals surface area (Å²) in [6.45, 7) is 7.56. The first-order valence-corrected chi connectivity index (χ1v) is 3.15. The number of hydrogen-bond acceptors (Lipinski definition) is 1. The van der Waals surface area contributed by atoms with Gasteiger partial charge >= 0.3 is 0 Å². The van der Waals surface area contributed by atoms with E-state index in [1.165, 1.54) is 0 Å². The molecule has 0 amide bonds. The van der Waals surface area contributed by atoms with Crippen molar-refractivity contribution >= 4 is 5.71 Å². The Morgan fingerprint density at radius 3 is 2.67 bits per heavy atom. The molecular weight excluding hydrogens is 110 g/mol. The lowest BCUT2D eigenvalue weighted by molar-refractivity contribution is 1.28. The predicted molar refractivity (Wildman–Crippen MR) is 42.7 cm³/mol. The van der Waals surface area contributed by atoms with Crippen LogP contribution in [0.4, 0.5) is 0 Å². The van der Waals surface area contributed by atoms with Crippen LogP contribution >= 0.6 is 0 Å². The zero-order valence-corrected chi connectivity index (χ0v) is 6.09. The average molecular weight is 123 g/mol. The summed E-state index contributed by atoms with van der Waals surface area (Å²) in [6, 6.07) is 0. The minimum atomic E-state index is 0.969. The molecule has 0 unspecified atom stereocenters. The molecule has 0 aromatic rings. The van der Waals surface area contributed by atoms with Crippen LogP contribution < -0.4 is 0 Å². The summed E-state index contributed by atoms with van der Waals surface area (Å²) < 4.78 is 0. The first-order valence-electron chi connectivity index (χ1n) is 3.15. The van der Waals surface area contributed by atoms with Gasteiger partial charge in [0, 0.05) is 11.9 Å². The Hall–Kier alpha value is -0.850. The van der Waals surface area contributed by atoms with Gasteiger partial charge in [-0.2, -0.15) is 0 Å². The summed E-state index contributed by atoms with van der Waals surface area (Å²) in [6.07, 6.45) is 6.50. The van der Waals surface area contributed by atoms with E-state index < -0.39 is 0 Å². The largest absolute Gasteiger partial charge is 0.262 e. The van der Waals surface area contributed by atoms with Crippen molar-refractivity contribution in [3.63, 3.8) is 0 Å². The molecule has 1 nitrogen and oxygen atoms in total. The van der Waals surface area contributed by atoms with Gasteiger partial charge in [-0.15, -0.1) is 0 Å². The van der Waals surface area contributed by atoms with Crippen LogP contribution in [-0.2, 0) is 0 Å². The molecule has 0 spiro atoms. The molecule has 0 aromatic heterocycles. The molecule has 0 saturated carbocycles. The van der Waals surface area contributed by atoms with E-state index in [9.17, 15) is 0 Å². The fourth-order valence-electron chi connectivity index (χ4n) is 0.562. The van der Waals surface area contributed by atoms with E-state index in [0.29, 0.717) is 0 Å². The van der Waals surface area contributed by atoms with Gasteiger partial charge in [0.05, 0.1) is 0 Å². The molecule has 0 aliphatic heterocycles. The van der Waals surface area contributed by atoms with Crippen molar-refractivity contribution in [2.75, 3.05) is 0 Å². The molecule has 0 atom stereocenters. The lowest BCUT2D eigenvalue weighted by atomic mass is 10.3. The second kappa shape index (κ2) is 5.29. The highest BCUT2D eigenvalue weighted by Crippen LogP contribution is 1.88. The minimum Gasteiger partial charge on any atom is -0.262 e. The molecule has 9 heavy (non-hydrogen) atoms. The smallest absolute Gasteiger partial charge is 0.0397 e. The summed E-state index contributed by atoms with van der Waals surface area (Å²) in [4.78, 5) is 4.03. The van der Waals surface area contributed by atoms with E-state index in [2.05, 4.69) is 18.5 Å². The highest BCUT2D eigenvalue weighted by atomic mass is 14.7. The van der Waals surface area contributed by atoms with E-state index in [1.807, 2.05) is 19.1 Å². The van der Waals surface area contributed by atoms with Crippen LogP contribution in [0.5, 0.6) is 0 Å². The van der Waals surface area contributed by atoms with Crippen LogP contribution in [0.15, 0.2) is 29.9 Å². The Morgan fingerprint density at radius 1 is 1.67 bits per heavy atom. The van der Waals surface area contributed by atoms with Crippen molar-refractivity contribution in [1.29, 1.82) is 0 Å². The molecule has 0 bridgehead atoms. The molecule has 0 aliphatic rings. The van der Waals surface area contributed by atoms with E-state index in [-0.39, 0.29) is 0 Å². The van der Waals surface area contributed by atoms with E-state index in [0.717, 1.165) is 12.1 Å². The van der Waals surface area contributed by atoms with Gasteiger partial charge in [-0.3, -0.25) is 4.99 Å². The first-order chi connectivity index (χ1) is 4.35. The SMILES string of the molecule is C=CN=C(/C=C\C)CC. The van der Waals surface area contributed by atoms with Crippen molar-refractivity contribution in [3.05, 3.63) is 24.9 Å². The third-order valence-corrected chi connectivity index (χ3v) is 0.978. The number of rotatable bonds is 3. The van der Waals surface area contributed by atoms with Gasteiger partial charge < -0.3 is 0 Å². The maximum Gasteiger partial charge on any atom is 0.0397 e. The van der Waals surface area contributed by atoms with Crippen LogP contribution in [-0.4, -0.2) is 5.71 Å². The number of hydrogen-bond donors (Lipinski definition) is 0. The van der Waals surface area contributed by atoms with Gasteiger partial charge in [-0.1, -0.05) is 19.6 Å². The fraction of sp³-hybridized carbons (Fsp3) is 0.375. The van der Waals surface area contributed by atoms with Gasteiger partial charge in [0.25, 0.3) is 0 Å². The quantitative estimate of drug-likeness (QED) is 0.511. The second-order valence-electron chi connectivity index (χ2n) is 1.66.